The summed E-state index contributed by atoms with van der Waals surface area (Å²) in [5, 5.41) is 0. The van der Waals surface area contributed by atoms with E-state index in [1.807, 2.05) is 30.3 Å². The molecular weight excluding hydrogens is 392 g/mol. The zero-order valence-electron chi connectivity index (χ0n) is 16.6. The number of sulfonamides is 1. The van der Waals surface area contributed by atoms with E-state index in [4.69, 9.17) is 9.47 Å². The molecule has 1 amide bonds. The standard InChI is InChI=1S/C21H26N2O5S/c1-16-8-9-19(27-2)20(14-16)29(25,26)22-18(15-17-6-4-3-5-7-17)21(24)23-10-12-28-13-11-23/h3-9,14,18,22H,10-13,15H2,1-2H3. The van der Waals surface area contributed by atoms with Gasteiger partial charge in [-0.2, -0.15) is 4.72 Å². The number of hydrogen-bond donors (Lipinski definition) is 1. The third-order valence-electron chi connectivity index (χ3n) is 4.81. The Bertz CT molecular complexity index is 941. The van der Waals surface area contributed by atoms with Gasteiger partial charge in [-0.15, -0.1) is 0 Å². The molecule has 1 fully saturated rings. The summed E-state index contributed by atoms with van der Waals surface area (Å²) in [6.45, 7) is 3.59. The van der Waals surface area contributed by atoms with Crippen molar-refractivity contribution < 1.29 is 22.7 Å². The minimum Gasteiger partial charge on any atom is -0.495 e. The maximum atomic E-state index is 13.2. The Morgan fingerprint density at radius 3 is 2.52 bits per heavy atom. The first-order valence-corrected chi connectivity index (χ1v) is 11.0. The molecule has 0 bridgehead atoms. The molecule has 29 heavy (non-hydrogen) atoms. The molecule has 7 nitrogen and oxygen atoms in total. The lowest BCUT2D eigenvalue weighted by atomic mass is 10.1. The van der Waals surface area contributed by atoms with E-state index >= 15 is 0 Å². The van der Waals surface area contributed by atoms with Crippen molar-refractivity contribution in [2.45, 2.75) is 24.3 Å². The topological polar surface area (TPSA) is 84.9 Å². The Morgan fingerprint density at radius 1 is 1.17 bits per heavy atom. The highest BCUT2D eigenvalue weighted by atomic mass is 32.2. The Hall–Kier alpha value is -2.42. The fourth-order valence-corrected chi connectivity index (χ4v) is 4.72. The van der Waals surface area contributed by atoms with E-state index in [9.17, 15) is 13.2 Å². The third kappa shape index (κ3) is 5.35. The van der Waals surface area contributed by atoms with Gasteiger partial charge in [-0.1, -0.05) is 36.4 Å². The highest BCUT2D eigenvalue weighted by molar-refractivity contribution is 7.89. The third-order valence-corrected chi connectivity index (χ3v) is 6.30. The van der Waals surface area contributed by atoms with E-state index in [0.29, 0.717) is 26.3 Å². The number of nitrogens with zero attached hydrogens (tertiary/aromatic N) is 1. The molecule has 2 aromatic carbocycles. The van der Waals surface area contributed by atoms with Gasteiger partial charge in [0.2, 0.25) is 15.9 Å². The molecule has 1 N–H and O–H groups in total. The maximum Gasteiger partial charge on any atom is 0.244 e. The van der Waals surface area contributed by atoms with E-state index < -0.39 is 16.1 Å². The van der Waals surface area contributed by atoms with Crippen LogP contribution in [0.25, 0.3) is 0 Å². The van der Waals surface area contributed by atoms with E-state index in [2.05, 4.69) is 4.72 Å². The normalized spacial score (nSPS) is 15.7. The van der Waals surface area contributed by atoms with Crippen molar-refractivity contribution in [3.63, 3.8) is 0 Å². The predicted octanol–water partition coefficient (Wildman–Crippen LogP) is 1.75. The highest BCUT2D eigenvalue weighted by Gasteiger charge is 2.31. The lowest BCUT2D eigenvalue weighted by Gasteiger charge is -2.31. The first-order valence-electron chi connectivity index (χ1n) is 9.48. The molecule has 1 aliphatic rings. The number of amides is 1. The van der Waals surface area contributed by atoms with Crippen molar-refractivity contribution in [1.82, 2.24) is 9.62 Å². The molecular formula is C21H26N2O5S. The van der Waals surface area contributed by atoms with Crippen LogP contribution in [-0.4, -0.2) is 58.7 Å². The zero-order chi connectivity index (χ0) is 20.9. The Balaban J connectivity index is 1.91. The van der Waals surface area contributed by atoms with Crippen LogP contribution in [0, 0.1) is 6.92 Å². The van der Waals surface area contributed by atoms with Gasteiger partial charge in [0, 0.05) is 13.1 Å². The summed E-state index contributed by atoms with van der Waals surface area (Å²) in [6.07, 6.45) is 0.254. The number of aryl methyl sites for hydroxylation is 1. The lowest BCUT2D eigenvalue weighted by molar-refractivity contribution is -0.137. The first kappa shape index (κ1) is 21.3. The van der Waals surface area contributed by atoms with Crippen molar-refractivity contribution >= 4 is 15.9 Å². The minimum atomic E-state index is -3.98. The summed E-state index contributed by atoms with van der Waals surface area (Å²) in [7, 11) is -2.56. The summed E-state index contributed by atoms with van der Waals surface area (Å²) in [5.41, 5.74) is 1.66. The van der Waals surface area contributed by atoms with Crippen molar-refractivity contribution in [3.05, 3.63) is 59.7 Å². The number of carbonyl (C=O) groups is 1. The van der Waals surface area contributed by atoms with Gasteiger partial charge in [0.1, 0.15) is 16.7 Å². The molecule has 0 aromatic heterocycles. The van der Waals surface area contributed by atoms with Gasteiger partial charge in [0.15, 0.2) is 0 Å². The monoisotopic (exact) mass is 418 g/mol. The van der Waals surface area contributed by atoms with Gasteiger partial charge in [0.05, 0.1) is 20.3 Å². The number of ether oxygens (including phenoxy) is 2. The molecule has 1 unspecified atom stereocenters. The summed E-state index contributed by atoms with van der Waals surface area (Å²) < 4.78 is 39.5. The van der Waals surface area contributed by atoms with E-state index in [1.165, 1.54) is 7.11 Å². The van der Waals surface area contributed by atoms with Gasteiger partial charge in [-0.3, -0.25) is 4.79 Å². The van der Waals surface area contributed by atoms with Crippen LogP contribution < -0.4 is 9.46 Å². The van der Waals surface area contributed by atoms with Crippen LogP contribution >= 0.6 is 0 Å². The van der Waals surface area contributed by atoms with Crippen molar-refractivity contribution in [2.75, 3.05) is 33.4 Å². The van der Waals surface area contributed by atoms with Crippen LogP contribution in [0.5, 0.6) is 5.75 Å². The molecule has 0 aliphatic carbocycles. The maximum absolute atomic E-state index is 13.2. The second-order valence-electron chi connectivity index (χ2n) is 6.96. The van der Waals surface area contributed by atoms with Crippen molar-refractivity contribution in [1.29, 1.82) is 0 Å². The molecule has 1 heterocycles. The zero-order valence-corrected chi connectivity index (χ0v) is 17.4. The molecule has 0 saturated carbocycles. The van der Waals surface area contributed by atoms with Gasteiger partial charge in [-0.05, 0) is 36.6 Å². The number of methoxy groups -OCH3 is 1. The first-order chi connectivity index (χ1) is 13.9. The van der Waals surface area contributed by atoms with Gasteiger partial charge in [0.25, 0.3) is 0 Å². The predicted molar refractivity (Wildman–Crippen MR) is 109 cm³/mol. The molecule has 1 atom stereocenters. The van der Waals surface area contributed by atoms with Gasteiger partial charge in [-0.25, -0.2) is 8.42 Å². The second-order valence-corrected chi connectivity index (χ2v) is 8.64. The number of hydrogen-bond acceptors (Lipinski definition) is 5. The molecule has 0 spiro atoms. The number of morpholine rings is 1. The molecule has 156 valence electrons. The summed E-state index contributed by atoms with van der Waals surface area (Å²) >= 11 is 0. The van der Waals surface area contributed by atoms with Crippen molar-refractivity contribution in [3.8, 4) is 5.75 Å². The van der Waals surface area contributed by atoms with Gasteiger partial charge < -0.3 is 14.4 Å². The Morgan fingerprint density at radius 2 is 1.86 bits per heavy atom. The Labute approximate surface area is 171 Å². The number of rotatable bonds is 7. The van der Waals surface area contributed by atoms with Crippen LogP contribution in [0.1, 0.15) is 11.1 Å². The molecule has 1 aliphatic heterocycles. The van der Waals surface area contributed by atoms with Crippen LogP contribution in [0.15, 0.2) is 53.4 Å². The minimum absolute atomic E-state index is 0.0211. The molecule has 0 radical (unpaired) electrons. The van der Waals surface area contributed by atoms with Gasteiger partial charge >= 0.3 is 0 Å². The van der Waals surface area contributed by atoms with E-state index in [-0.39, 0.29) is 23.0 Å². The SMILES string of the molecule is COc1ccc(C)cc1S(=O)(=O)NC(Cc1ccccc1)C(=O)N1CCOCC1. The summed E-state index contributed by atoms with van der Waals surface area (Å²) in [5.74, 6) is -0.0206. The average molecular weight is 419 g/mol. The summed E-state index contributed by atoms with van der Waals surface area (Å²) in [4.78, 5) is 14.8. The van der Waals surface area contributed by atoms with E-state index in [0.717, 1.165) is 11.1 Å². The fourth-order valence-electron chi connectivity index (χ4n) is 3.28. The van der Waals surface area contributed by atoms with Crippen LogP contribution in [-0.2, 0) is 26.0 Å². The molecule has 1 saturated heterocycles. The quantitative estimate of drug-likeness (QED) is 0.741. The lowest BCUT2D eigenvalue weighted by Crippen LogP contribution is -2.52. The largest absolute Gasteiger partial charge is 0.495 e. The van der Waals surface area contributed by atoms with Crippen LogP contribution in [0.4, 0.5) is 0 Å². The molecule has 2 aromatic rings. The molecule has 3 rings (SSSR count). The smallest absolute Gasteiger partial charge is 0.244 e. The number of nitrogens with one attached hydrogen (secondary N) is 1. The highest BCUT2D eigenvalue weighted by Crippen LogP contribution is 2.25. The average Bonchev–Trinajstić information content (AvgIpc) is 2.74. The second kappa shape index (κ2) is 9.39. The molecule has 8 heteroatoms. The van der Waals surface area contributed by atoms with Crippen LogP contribution in [0.3, 0.4) is 0 Å². The van der Waals surface area contributed by atoms with E-state index in [1.54, 1.807) is 30.0 Å². The number of benzene rings is 2. The van der Waals surface area contributed by atoms with Crippen LogP contribution in [0.2, 0.25) is 0 Å². The number of carbonyl (C=O) groups excluding carboxylic acids is 1. The van der Waals surface area contributed by atoms with Crippen molar-refractivity contribution in [2.24, 2.45) is 0 Å². The summed E-state index contributed by atoms with van der Waals surface area (Å²) in [6, 6.07) is 13.4. The fraction of sp³-hybridized carbons (Fsp3) is 0.381. The Kier molecular flexibility index (Phi) is 6.89.